The highest BCUT2D eigenvalue weighted by Crippen LogP contribution is 2.28. The molecule has 0 aliphatic heterocycles. The van der Waals surface area contributed by atoms with E-state index in [4.69, 9.17) is 0 Å². The van der Waals surface area contributed by atoms with Crippen LogP contribution in [0.5, 0.6) is 0 Å². The van der Waals surface area contributed by atoms with Gasteiger partial charge in [0.05, 0.1) is 0 Å². The number of hydrogen-bond acceptors (Lipinski definition) is 5. The third kappa shape index (κ3) is 3.13. The van der Waals surface area contributed by atoms with Gasteiger partial charge in [0, 0.05) is 17.5 Å². The maximum atomic E-state index is 13.2. The molecule has 4 rings (SSSR count). The maximum absolute atomic E-state index is 13.2. The molecule has 0 saturated carbocycles. The summed E-state index contributed by atoms with van der Waals surface area (Å²) in [6.45, 7) is 2.06. The Kier molecular flexibility index (Phi) is 4.30. The van der Waals surface area contributed by atoms with Gasteiger partial charge < -0.3 is 9.29 Å². The number of aromatic nitrogens is 4. The number of aryl methyl sites for hydroxylation is 2. The van der Waals surface area contributed by atoms with Crippen LogP contribution in [-0.4, -0.2) is 19.5 Å². The highest BCUT2D eigenvalue weighted by atomic mass is 32.2. The second-order valence-corrected chi connectivity index (χ2v) is 6.79. The van der Waals surface area contributed by atoms with E-state index in [1.54, 1.807) is 12.1 Å². The molecular formula is C19H16FN5S. The summed E-state index contributed by atoms with van der Waals surface area (Å²) in [5, 5.41) is 0. The first kappa shape index (κ1) is 16.5. The van der Waals surface area contributed by atoms with Gasteiger partial charge in [-0.15, -0.1) is 0 Å². The van der Waals surface area contributed by atoms with Crippen molar-refractivity contribution in [3.63, 3.8) is 0 Å². The molecule has 26 heavy (non-hydrogen) atoms. The fraction of sp³-hybridized carbons (Fsp3) is 0.105. The van der Waals surface area contributed by atoms with Gasteiger partial charge in [0.2, 0.25) is 0 Å². The van der Waals surface area contributed by atoms with Crippen LogP contribution in [0.1, 0.15) is 5.56 Å². The monoisotopic (exact) mass is 365 g/mol. The Bertz CT molecular complexity index is 1060. The zero-order chi connectivity index (χ0) is 18.1. The molecule has 4 aromatic rings. The fourth-order valence-electron chi connectivity index (χ4n) is 2.64. The summed E-state index contributed by atoms with van der Waals surface area (Å²) in [6.07, 6.45) is 1.51. The SMILES string of the molecule is Cc1ccc(SNc2ncnc3c2nc(-c2ccc(F)cc2)n3C)cc1. The van der Waals surface area contributed by atoms with Crippen molar-refractivity contribution in [1.29, 1.82) is 0 Å². The summed E-state index contributed by atoms with van der Waals surface area (Å²) in [5.41, 5.74) is 3.43. The zero-order valence-electron chi connectivity index (χ0n) is 14.3. The number of nitrogens with zero attached hydrogens (tertiary/aromatic N) is 4. The van der Waals surface area contributed by atoms with E-state index in [1.165, 1.54) is 36.0 Å². The molecule has 0 unspecified atom stereocenters. The largest absolute Gasteiger partial charge is 0.312 e. The molecule has 2 aromatic carbocycles. The van der Waals surface area contributed by atoms with Crippen molar-refractivity contribution in [3.8, 4) is 11.4 Å². The molecule has 7 heteroatoms. The Balaban J connectivity index is 1.68. The van der Waals surface area contributed by atoms with E-state index >= 15 is 0 Å². The molecule has 0 aliphatic rings. The average molecular weight is 365 g/mol. The van der Waals surface area contributed by atoms with Gasteiger partial charge in [0.25, 0.3) is 0 Å². The summed E-state index contributed by atoms with van der Waals surface area (Å²) < 4.78 is 18.3. The number of nitrogens with one attached hydrogen (secondary N) is 1. The smallest absolute Gasteiger partial charge is 0.167 e. The molecule has 2 aromatic heterocycles. The van der Waals surface area contributed by atoms with Gasteiger partial charge in [-0.25, -0.2) is 19.3 Å². The van der Waals surface area contributed by atoms with Gasteiger partial charge in [0.15, 0.2) is 17.0 Å². The number of halogens is 1. The molecule has 0 radical (unpaired) electrons. The quantitative estimate of drug-likeness (QED) is 0.536. The van der Waals surface area contributed by atoms with E-state index < -0.39 is 0 Å². The van der Waals surface area contributed by atoms with Crippen molar-refractivity contribution >= 4 is 28.9 Å². The second kappa shape index (κ2) is 6.76. The predicted molar refractivity (Wildman–Crippen MR) is 102 cm³/mol. The summed E-state index contributed by atoms with van der Waals surface area (Å²) in [7, 11) is 1.89. The summed E-state index contributed by atoms with van der Waals surface area (Å²) in [4.78, 5) is 14.4. The van der Waals surface area contributed by atoms with E-state index in [2.05, 4.69) is 38.7 Å². The van der Waals surface area contributed by atoms with Crippen LogP contribution in [-0.2, 0) is 7.05 Å². The Morgan fingerprint density at radius 3 is 2.46 bits per heavy atom. The van der Waals surface area contributed by atoms with Crippen molar-refractivity contribution in [3.05, 3.63) is 66.2 Å². The zero-order valence-corrected chi connectivity index (χ0v) is 15.1. The topological polar surface area (TPSA) is 55.6 Å². The van der Waals surface area contributed by atoms with Crippen molar-refractivity contribution in [2.75, 3.05) is 4.72 Å². The first-order chi connectivity index (χ1) is 12.6. The van der Waals surface area contributed by atoms with Crippen LogP contribution in [0.4, 0.5) is 10.2 Å². The number of fused-ring (bicyclic) bond motifs is 1. The summed E-state index contributed by atoms with van der Waals surface area (Å²) in [6, 6.07) is 14.5. The van der Waals surface area contributed by atoms with Crippen LogP contribution in [0.2, 0.25) is 0 Å². The molecule has 1 N–H and O–H groups in total. The van der Waals surface area contributed by atoms with Crippen LogP contribution in [0.15, 0.2) is 59.8 Å². The van der Waals surface area contributed by atoms with E-state index in [-0.39, 0.29) is 5.82 Å². The molecule has 2 heterocycles. The van der Waals surface area contributed by atoms with Gasteiger partial charge >= 0.3 is 0 Å². The first-order valence-corrected chi connectivity index (χ1v) is 8.86. The summed E-state index contributed by atoms with van der Waals surface area (Å²) in [5.74, 6) is 1.08. The van der Waals surface area contributed by atoms with Gasteiger partial charge in [-0.05, 0) is 55.3 Å². The molecule has 0 bridgehead atoms. The van der Waals surface area contributed by atoms with E-state index in [0.29, 0.717) is 22.8 Å². The van der Waals surface area contributed by atoms with Gasteiger partial charge in [-0.2, -0.15) is 0 Å². The Hall–Kier alpha value is -2.93. The molecule has 0 amide bonds. The minimum absolute atomic E-state index is 0.274. The van der Waals surface area contributed by atoms with E-state index in [9.17, 15) is 4.39 Å². The lowest BCUT2D eigenvalue weighted by atomic mass is 10.2. The normalized spacial score (nSPS) is 11.0. The van der Waals surface area contributed by atoms with Crippen LogP contribution in [0.25, 0.3) is 22.6 Å². The Morgan fingerprint density at radius 2 is 1.73 bits per heavy atom. The molecule has 0 aliphatic carbocycles. The number of rotatable bonds is 4. The second-order valence-electron chi connectivity index (χ2n) is 5.91. The number of benzene rings is 2. The lowest BCUT2D eigenvalue weighted by Crippen LogP contribution is -1.96. The van der Waals surface area contributed by atoms with Crippen LogP contribution in [0, 0.1) is 12.7 Å². The van der Waals surface area contributed by atoms with Crippen LogP contribution >= 0.6 is 11.9 Å². The minimum atomic E-state index is -0.274. The lowest BCUT2D eigenvalue weighted by molar-refractivity contribution is 0.628. The van der Waals surface area contributed by atoms with Gasteiger partial charge in [-0.3, -0.25) is 0 Å². The molecule has 130 valence electrons. The average Bonchev–Trinajstić information content (AvgIpc) is 2.99. The van der Waals surface area contributed by atoms with Crippen LogP contribution < -0.4 is 4.72 Å². The summed E-state index contributed by atoms with van der Waals surface area (Å²) >= 11 is 1.47. The third-order valence-corrected chi connectivity index (χ3v) is 4.85. The molecule has 0 spiro atoms. The van der Waals surface area contributed by atoms with Crippen molar-refractivity contribution in [1.82, 2.24) is 19.5 Å². The number of hydrogen-bond donors (Lipinski definition) is 1. The van der Waals surface area contributed by atoms with Crippen LogP contribution in [0.3, 0.4) is 0 Å². The highest BCUT2D eigenvalue weighted by Gasteiger charge is 2.15. The number of anilines is 1. The Labute approximate surface area is 154 Å². The van der Waals surface area contributed by atoms with Crippen molar-refractivity contribution < 1.29 is 4.39 Å². The highest BCUT2D eigenvalue weighted by molar-refractivity contribution is 8.00. The molecule has 0 atom stereocenters. The van der Waals surface area contributed by atoms with E-state index in [1.807, 2.05) is 23.7 Å². The minimum Gasteiger partial charge on any atom is -0.312 e. The van der Waals surface area contributed by atoms with E-state index in [0.717, 1.165) is 10.5 Å². The molecular weight excluding hydrogens is 349 g/mol. The standard InChI is InChI=1S/C19H16FN5S/c1-12-3-9-15(10-4-12)26-24-17-16-19(22-11-21-17)25(2)18(23-16)13-5-7-14(20)8-6-13/h3-11H,1-2H3,(H,21,22,24). The maximum Gasteiger partial charge on any atom is 0.167 e. The molecule has 0 fully saturated rings. The van der Waals surface area contributed by atoms with Gasteiger partial charge in [-0.1, -0.05) is 17.7 Å². The Morgan fingerprint density at radius 1 is 1.00 bits per heavy atom. The van der Waals surface area contributed by atoms with Crippen molar-refractivity contribution in [2.24, 2.45) is 7.05 Å². The van der Waals surface area contributed by atoms with Crippen molar-refractivity contribution in [2.45, 2.75) is 11.8 Å². The van der Waals surface area contributed by atoms with Gasteiger partial charge in [0.1, 0.15) is 18.0 Å². The first-order valence-electron chi connectivity index (χ1n) is 8.05. The molecule has 5 nitrogen and oxygen atoms in total. The third-order valence-electron chi connectivity index (χ3n) is 4.05. The lowest BCUT2D eigenvalue weighted by Gasteiger charge is -2.05. The predicted octanol–water partition coefficient (Wildman–Crippen LogP) is 4.60. The molecule has 0 saturated heterocycles. The number of imidazole rings is 1. The fourth-order valence-corrected chi connectivity index (χ4v) is 3.28.